The Labute approximate surface area is 235 Å². The summed E-state index contributed by atoms with van der Waals surface area (Å²) in [6.07, 6.45) is 5.79. The van der Waals surface area contributed by atoms with Gasteiger partial charge in [-0.15, -0.1) is 13.2 Å². The van der Waals surface area contributed by atoms with Crippen LogP contribution in [0.2, 0.25) is 0 Å². The maximum atomic E-state index is 14.6. The van der Waals surface area contributed by atoms with Gasteiger partial charge in [0.05, 0.1) is 37.2 Å². The van der Waals surface area contributed by atoms with Crippen LogP contribution in [-0.4, -0.2) is 71.3 Å². The van der Waals surface area contributed by atoms with Crippen LogP contribution in [0.25, 0.3) is 10.8 Å². The predicted octanol–water partition coefficient (Wildman–Crippen LogP) is 4.01. The van der Waals surface area contributed by atoms with Crippen molar-refractivity contribution in [3.63, 3.8) is 0 Å². The Bertz CT molecular complexity index is 1310. The summed E-state index contributed by atoms with van der Waals surface area (Å²) in [4.78, 5) is 45.2. The molecule has 2 aromatic carbocycles. The average molecular weight is 547 g/mol. The number of aliphatic hydroxyl groups is 1. The first-order valence-corrected chi connectivity index (χ1v) is 14.2. The van der Waals surface area contributed by atoms with Crippen molar-refractivity contribution in [2.75, 3.05) is 24.7 Å². The van der Waals surface area contributed by atoms with E-state index in [-0.39, 0.29) is 31.6 Å². The number of amides is 2. The molecule has 2 aromatic rings. The number of benzene rings is 2. The minimum atomic E-state index is -1.16. The van der Waals surface area contributed by atoms with Gasteiger partial charge in [0.25, 0.3) is 5.91 Å². The minimum absolute atomic E-state index is 0.227. The van der Waals surface area contributed by atoms with Gasteiger partial charge in [-0.25, -0.2) is 0 Å². The standard InChI is InChI=1S/C32H38N2O6/c1-4-7-10-18-39-31(38)26-25-15-16-32(40-25)27(26)29(36)34(23(6-3)20-35)28(32)30(37)33(17-5-2)24-14-13-21-11-8-9-12-22(21)19-24/h4-5,8-9,11-14,19,23,25-28,35H,1-2,6-7,10,15-18,20H2,3H3/t23-,25+,26-,27-,28?,32?/m0/s1. The second-order valence-electron chi connectivity index (χ2n) is 10.9. The number of fused-ring (bicyclic) bond motifs is 2. The molecule has 3 fully saturated rings. The van der Waals surface area contributed by atoms with E-state index in [0.717, 1.165) is 17.2 Å². The van der Waals surface area contributed by atoms with Crippen molar-refractivity contribution in [2.45, 2.75) is 62.8 Å². The summed E-state index contributed by atoms with van der Waals surface area (Å²) >= 11 is 0. The normalized spacial score (nSPS) is 27.4. The van der Waals surface area contributed by atoms with E-state index in [1.54, 1.807) is 17.1 Å². The van der Waals surface area contributed by atoms with Crippen LogP contribution in [0.4, 0.5) is 5.69 Å². The maximum absolute atomic E-state index is 14.6. The quantitative estimate of drug-likeness (QED) is 0.246. The summed E-state index contributed by atoms with van der Waals surface area (Å²) in [6, 6.07) is 12.1. The smallest absolute Gasteiger partial charge is 0.312 e. The number of carbonyl (C=O) groups is 3. The molecular formula is C32H38N2O6. The lowest BCUT2D eigenvalue weighted by Gasteiger charge is -2.39. The van der Waals surface area contributed by atoms with Crippen LogP contribution >= 0.6 is 0 Å². The number of hydrogen-bond acceptors (Lipinski definition) is 6. The first kappa shape index (κ1) is 28.1. The van der Waals surface area contributed by atoms with Gasteiger partial charge in [0, 0.05) is 12.2 Å². The first-order chi connectivity index (χ1) is 19.4. The van der Waals surface area contributed by atoms with E-state index in [1.807, 2.05) is 49.4 Å². The van der Waals surface area contributed by atoms with Gasteiger partial charge in [0.2, 0.25) is 5.91 Å². The van der Waals surface area contributed by atoms with E-state index < -0.39 is 41.6 Å². The highest BCUT2D eigenvalue weighted by Crippen LogP contribution is 2.59. The van der Waals surface area contributed by atoms with Gasteiger partial charge in [0.15, 0.2) is 0 Å². The van der Waals surface area contributed by atoms with Crippen LogP contribution in [0.15, 0.2) is 67.8 Å². The number of aliphatic hydroxyl groups excluding tert-OH is 1. The topological polar surface area (TPSA) is 96.4 Å². The number of carbonyl (C=O) groups excluding carboxylic acids is 3. The molecule has 0 aromatic heterocycles. The molecule has 8 nitrogen and oxygen atoms in total. The van der Waals surface area contributed by atoms with Gasteiger partial charge in [-0.3, -0.25) is 14.4 Å². The number of unbranched alkanes of at least 4 members (excludes halogenated alkanes) is 1. The lowest BCUT2D eigenvalue weighted by Crippen LogP contribution is -2.59. The molecule has 0 saturated carbocycles. The molecular weight excluding hydrogens is 508 g/mol. The fraction of sp³-hybridized carbons (Fsp3) is 0.469. The molecule has 1 spiro atoms. The van der Waals surface area contributed by atoms with Crippen molar-refractivity contribution in [1.29, 1.82) is 0 Å². The van der Waals surface area contributed by atoms with Gasteiger partial charge in [-0.05, 0) is 55.0 Å². The molecule has 8 heteroatoms. The molecule has 2 amide bonds. The van der Waals surface area contributed by atoms with Crippen molar-refractivity contribution < 1.29 is 29.0 Å². The van der Waals surface area contributed by atoms with Crippen LogP contribution < -0.4 is 4.90 Å². The lowest BCUT2D eigenvalue weighted by atomic mass is 9.70. The van der Waals surface area contributed by atoms with E-state index in [2.05, 4.69) is 13.2 Å². The summed E-state index contributed by atoms with van der Waals surface area (Å²) < 4.78 is 12.1. The molecule has 3 saturated heterocycles. The lowest BCUT2D eigenvalue weighted by molar-refractivity contribution is -0.155. The zero-order valence-electron chi connectivity index (χ0n) is 23.0. The molecule has 3 heterocycles. The molecule has 5 rings (SSSR count). The monoisotopic (exact) mass is 546 g/mol. The number of esters is 1. The zero-order chi connectivity index (χ0) is 28.4. The van der Waals surface area contributed by atoms with Crippen LogP contribution in [0, 0.1) is 11.8 Å². The number of hydrogen-bond donors (Lipinski definition) is 1. The molecule has 0 radical (unpaired) electrons. The number of nitrogens with zero attached hydrogens (tertiary/aromatic N) is 2. The van der Waals surface area contributed by atoms with Crippen LogP contribution in [0.5, 0.6) is 0 Å². The highest BCUT2D eigenvalue weighted by molar-refractivity contribution is 6.05. The van der Waals surface area contributed by atoms with Gasteiger partial charge < -0.3 is 24.4 Å². The molecule has 6 atom stereocenters. The highest BCUT2D eigenvalue weighted by Gasteiger charge is 2.75. The number of allylic oxidation sites excluding steroid dienone is 1. The van der Waals surface area contributed by atoms with Gasteiger partial charge in [-0.2, -0.15) is 0 Å². The maximum Gasteiger partial charge on any atom is 0.312 e. The van der Waals surface area contributed by atoms with E-state index in [4.69, 9.17) is 9.47 Å². The highest BCUT2D eigenvalue weighted by atomic mass is 16.6. The largest absolute Gasteiger partial charge is 0.465 e. The molecule has 3 aliphatic rings. The zero-order valence-corrected chi connectivity index (χ0v) is 23.0. The molecule has 40 heavy (non-hydrogen) atoms. The molecule has 0 aliphatic carbocycles. The summed E-state index contributed by atoms with van der Waals surface area (Å²) in [5.41, 5.74) is -0.485. The molecule has 212 valence electrons. The van der Waals surface area contributed by atoms with Crippen molar-refractivity contribution in [1.82, 2.24) is 4.90 Å². The Morgan fingerprint density at radius 1 is 1.23 bits per heavy atom. The Morgan fingerprint density at radius 2 is 2.00 bits per heavy atom. The van der Waals surface area contributed by atoms with Gasteiger partial charge in [-0.1, -0.05) is 49.4 Å². The number of rotatable bonds is 12. The Balaban J connectivity index is 1.53. The number of likely N-dealkylation sites (tertiary alicyclic amines) is 1. The van der Waals surface area contributed by atoms with Crippen LogP contribution in [-0.2, 0) is 23.9 Å². The summed E-state index contributed by atoms with van der Waals surface area (Å²) in [7, 11) is 0. The third-order valence-electron chi connectivity index (χ3n) is 8.74. The SMILES string of the molecule is C=CCCCOC(=O)[C@@H]1[C@H]2C(=O)N([C@@H](CC)CO)C(C(=O)N(CC=C)c3ccc4ccccc4c3)C23CC[C@H]1O3. The molecule has 2 bridgehead atoms. The Hall–Kier alpha value is -3.49. The van der Waals surface area contributed by atoms with Crippen LogP contribution in [0.3, 0.4) is 0 Å². The molecule has 2 unspecified atom stereocenters. The fourth-order valence-corrected chi connectivity index (χ4v) is 6.89. The van der Waals surface area contributed by atoms with E-state index in [9.17, 15) is 19.5 Å². The van der Waals surface area contributed by atoms with E-state index >= 15 is 0 Å². The summed E-state index contributed by atoms with van der Waals surface area (Å²) in [5, 5.41) is 12.3. The number of ether oxygens (including phenoxy) is 2. The second kappa shape index (κ2) is 11.6. The third-order valence-corrected chi connectivity index (χ3v) is 8.74. The second-order valence-corrected chi connectivity index (χ2v) is 10.9. The van der Waals surface area contributed by atoms with Crippen molar-refractivity contribution in [2.24, 2.45) is 11.8 Å². The van der Waals surface area contributed by atoms with Gasteiger partial charge in [0.1, 0.15) is 11.6 Å². The van der Waals surface area contributed by atoms with E-state index in [1.165, 1.54) is 4.90 Å². The van der Waals surface area contributed by atoms with E-state index in [0.29, 0.717) is 31.4 Å². The Kier molecular flexibility index (Phi) is 8.10. The molecule has 3 aliphatic heterocycles. The summed E-state index contributed by atoms with van der Waals surface area (Å²) in [6.45, 7) is 9.60. The number of anilines is 1. The van der Waals surface area contributed by atoms with Gasteiger partial charge >= 0.3 is 5.97 Å². The van der Waals surface area contributed by atoms with Crippen molar-refractivity contribution in [3.8, 4) is 0 Å². The van der Waals surface area contributed by atoms with Crippen molar-refractivity contribution in [3.05, 3.63) is 67.8 Å². The first-order valence-electron chi connectivity index (χ1n) is 14.2. The predicted molar refractivity (Wildman–Crippen MR) is 153 cm³/mol. The molecule has 1 N–H and O–H groups in total. The average Bonchev–Trinajstić information content (AvgIpc) is 3.62. The third kappa shape index (κ3) is 4.53. The van der Waals surface area contributed by atoms with Crippen LogP contribution in [0.1, 0.15) is 39.0 Å². The summed E-state index contributed by atoms with van der Waals surface area (Å²) in [5.74, 6) is -2.72. The van der Waals surface area contributed by atoms with Crippen molar-refractivity contribution >= 4 is 34.2 Å². The minimum Gasteiger partial charge on any atom is -0.465 e. The Morgan fingerprint density at radius 3 is 2.70 bits per heavy atom. The fourth-order valence-electron chi connectivity index (χ4n) is 6.89.